The highest BCUT2D eigenvalue weighted by atomic mass is 32.2. The number of hydrogen-bond acceptors (Lipinski definition) is 7. The lowest BCUT2D eigenvalue weighted by atomic mass is 10.5. The van der Waals surface area contributed by atoms with Crippen LogP contribution < -0.4 is 11.4 Å². The molecule has 3 heterocycles. The molecular weight excluding hydrogens is 284 g/mol. The van der Waals surface area contributed by atoms with Crippen molar-refractivity contribution >= 4 is 33.9 Å². The number of nitrogens with two attached hydrogens (primary N) is 1. The number of fused-ring (bicyclic) bond motifs is 1. The second kappa shape index (κ2) is 5.02. The molecule has 0 amide bonds. The third-order valence-electron chi connectivity index (χ3n) is 2.44. The number of aryl methyl sites for hydroxylation is 1. The fourth-order valence-electron chi connectivity index (χ4n) is 1.61. The van der Waals surface area contributed by atoms with E-state index in [2.05, 4.69) is 15.3 Å². The zero-order chi connectivity index (χ0) is 13.2. The van der Waals surface area contributed by atoms with Crippen LogP contribution in [-0.2, 0) is 6.54 Å². The second-order valence-corrected chi connectivity index (χ2v) is 6.04. The largest absolute Gasteiger partial charge is 0.374 e. The minimum absolute atomic E-state index is 0.132. The Balaban J connectivity index is 1.72. The van der Waals surface area contributed by atoms with Crippen LogP contribution in [0, 0.1) is 0 Å². The molecule has 0 aliphatic carbocycles. The summed E-state index contributed by atoms with van der Waals surface area (Å²) in [5.74, 6) is 0.693. The minimum atomic E-state index is -0.132. The van der Waals surface area contributed by atoms with E-state index in [1.807, 2.05) is 6.07 Å². The summed E-state index contributed by atoms with van der Waals surface area (Å²) < 4.78 is 3.77. The summed E-state index contributed by atoms with van der Waals surface area (Å²) in [5, 5.41) is 12.3. The zero-order valence-corrected chi connectivity index (χ0v) is 11.4. The summed E-state index contributed by atoms with van der Waals surface area (Å²) >= 11 is 2.85. The van der Waals surface area contributed by atoms with Crippen LogP contribution in [0.1, 0.15) is 0 Å². The third kappa shape index (κ3) is 2.47. The first-order chi connectivity index (χ1) is 9.24. The molecule has 3 rings (SSSR count). The predicted octanol–water partition coefficient (Wildman–Crippen LogP) is 0.722. The Morgan fingerprint density at radius 1 is 1.37 bits per heavy atom. The fourth-order valence-corrected chi connectivity index (χ4v) is 3.23. The molecule has 0 saturated carbocycles. The number of rotatable bonds is 4. The average molecular weight is 294 g/mol. The Morgan fingerprint density at radius 2 is 2.26 bits per heavy atom. The van der Waals surface area contributed by atoms with Gasteiger partial charge in [0, 0.05) is 11.9 Å². The van der Waals surface area contributed by atoms with Gasteiger partial charge in [0.05, 0.1) is 6.54 Å². The molecule has 0 bridgehead atoms. The molecule has 0 aliphatic heterocycles. The molecule has 7 nitrogen and oxygen atoms in total. The number of nitrogens with zero attached hydrogens (tertiary/aromatic N) is 5. The monoisotopic (exact) mass is 294 g/mol. The second-order valence-electron chi connectivity index (χ2n) is 3.69. The standard InChI is InChI=1S/C10H10N6OS2/c11-8-12-13-9(19-8)18-6-5-16-10(17)15-4-2-1-3-7(15)14-16/h1-4H,5-6H2,(H2,11,12). The molecule has 3 aromatic heterocycles. The third-order valence-corrected chi connectivity index (χ3v) is 4.31. The van der Waals surface area contributed by atoms with Gasteiger partial charge in [-0.25, -0.2) is 9.48 Å². The highest BCUT2D eigenvalue weighted by molar-refractivity contribution is 8.01. The Hall–Kier alpha value is -1.87. The van der Waals surface area contributed by atoms with E-state index in [1.54, 1.807) is 18.3 Å². The van der Waals surface area contributed by atoms with Crippen molar-refractivity contribution in [2.24, 2.45) is 0 Å². The molecule has 0 saturated heterocycles. The van der Waals surface area contributed by atoms with Gasteiger partial charge in [-0.15, -0.1) is 15.3 Å². The molecule has 3 aromatic rings. The van der Waals surface area contributed by atoms with E-state index >= 15 is 0 Å². The van der Waals surface area contributed by atoms with Gasteiger partial charge in [0.2, 0.25) is 5.13 Å². The summed E-state index contributed by atoms with van der Waals surface area (Å²) in [6, 6.07) is 5.46. The Bertz CT molecular complexity index is 761. The van der Waals surface area contributed by atoms with Crippen molar-refractivity contribution in [3.8, 4) is 0 Å². The lowest BCUT2D eigenvalue weighted by Crippen LogP contribution is -2.21. The van der Waals surface area contributed by atoms with Gasteiger partial charge >= 0.3 is 5.69 Å². The molecule has 0 radical (unpaired) electrons. The number of pyridine rings is 1. The van der Waals surface area contributed by atoms with Gasteiger partial charge in [-0.3, -0.25) is 4.40 Å². The van der Waals surface area contributed by atoms with Gasteiger partial charge < -0.3 is 5.73 Å². The van der Waals surface area contributed by atoms with Crippen LogP contribution in [0.15, 0.2) is 33.5 Å². The number of hydrogen-bond donors (Lipinski definition) is 1. The van der Waals surface area contributed by atoms with Gasteiger partial charge in [0.25, 0.3) is 0 Å². The van der Waals surface area contributed by atoms with Crippen LogP contribution in [0.4, 0.5) is 5.13 Å². The highest BCUT2D eigenvalue weighted by Gasteiger charge is 2.07. The quantitative estimate of drug-likeness (QED) is 0.713. The van der Waals surface area contributed by atoms with Gasteiger partial charge in [-0.1, -0.05) is 29.2 Å². The van der Waals surface area contributed by atoms with Crippen LogP contribution in [0.2, 0.25) is 0 Å². The molecule has 0 aliphatic rings. The molecular formula is C10H10N6OS2. The van der Waals surface area contributed by atoms with Crippen molar-refractivity contribution in [1.29, 1.82) is 0 Å². The first-order valence-corrected chi connectivity index (χ1v) is 7.30. The molecule has 19 heavy (non-hydrogen) atoms. The summed E-state index contributed by atoms with van der Waals surface area (Å²) in [6.07, 6.45) is 1.71. The molecule has 0 unspecified atom stereocenters. The highest BCUT2D eigenvalue weighted by Crippen LogP contribution is 2.23. The summed E-state index contributed by atoms with van der Waals surface area (Å²) in [4.78, 5) is 12.0. The van der Waals surface area contributed by atoms with E-state index in [4.69, 9.17) is 5.73 Å². The van der Waals surface area contributed by atoms with E-state index in [0.717, 1.165) is 4.34 Å². The lowest BCUT2D eigenvalue weighted by Gasteiger charge is -1.96. The average Bonchev–Trinajstić information content (AvgIpc) is 2.96. The van der Waals surface area contributed by atoms with Gasteiger partial charge in [-0.2, -0.15) is 0 Å². The zero-order valence-electron chi connectivity index (χ0n) is 9.76. The van der Waals surface area contributed by atoms with Crippen molar-refractivity contribution in [2.75, 3.05) is 11.5 Å². The maximum absolute atomic E-state index is 12.0. The molecule has 0 fully saturated rings. The topological polar surface area (TPSA) is 91.1 Å². The van der Waals surface area contributed by atoms with E-state index in [1.165, 1.54) is 32.2 Å². The SMILES string of the molecule is Nc1nnc(SCCn2nc3ccccn3c2=O)s1. The number of nitrogen functional groups attached to an aromatic ring is 1. The van der Waals surface area contributed by atoms with Crippen molar-refractivity contribution in [3.63, 3.8) is 0 Å². The van der Waals surface area contributed by atoms with Crippen molar-refractivity contribution in [3.05, 3.63) is 34.9 Å². The Kier molecular flexibility index (Phi) is 3.22. The molecule has 0 aromatic carbocycles. The molecule has 2 N–H and O–H groups in total. The minimum Gasteiger partial charge on any atom is -0.374 e. The van der Waals surface area contributed by atoms with Gasteiger partial charge in [0.15, 0.2) is 9.99 Å². The molecule has 0 atom stereocenters. The fraction of sp³-hybridized carbons (Fsp3) is 0.200. The first-order valence-electron chi connectivity index (χ1n) is 5.50. The number of aromatic nitrogens is 5. The van der Waals surface area contributed by atoms with Crippen molar-refractivity contribution in [1.82, 2.24) is 24.4 Å². The van der Waals surface area contributed by atoms with Gasteiger partial charge in [0.1, 0.15) is 0 Å². The van der Waals surface area contributed by atoms with E-state index in [0.29, 0.717) is 23.1 Å². The lowest BCUT2D eigenvalue weighted by molar-refractivity contribution is 0.639. The van der Waals surface area contributed by atoms with Crippen LogP contribution >= 0.6 is 23.1 Å². The molecule has 9 heteroatoms. The Labute approximate surface area is 116 Å². The summed E-state index contributed by atoms with van der Waals surface area (Å²) in [5.41, 5.74) is 6.02. The van der Waals surface area contributed by atoms with Crippen molar-refractivity contribution in [2.45, 2.75) is 10.9 Å². The maximum atomic E-state index is 12.0. The normalized spacial score (nSPS) is 11.2. The van der Waals surface area contributed by atoms with E-state index in [9.17, 15) is 4.79 Å². The predicted molar refractivity (Wildman–Crippen MR) is 74.5 cm³/mol. The van der Waals surface area contributed by atoms with E-state index < -0.39 is 0 Å². The van der Waals surface area contributed by atoms with Crippen LogP contribution in [0.3, 0.4) is 0 Å². The number of thioether (sulfide) groups is 1. The van der Waals surface area contributed by atoms with Gasteiger partial charge in [-0.05, 0) is 12.1 Å². The smallest absolute Gasteiger partial charge is 0.350 e. The number of anilines is 1. The van der Waals surface area contributed by atoms with Crippen LogP contribution in [0.25, 0.3) is 5.65 Å². The van der Waals surface area contributed by atoms with Crippen LogP contribution in [-0.4, -0.2) is 30.1 Å². The maximum Gasteiger partial charge on any atom is 0.350 e. The Morgan fingerprint density at radius 3 is 3.00 bits per heavy atom. The summed E-state index contributed by atoms with van der Waals surface area (Å²) in [7, 11) is 0. The van der Waals surface area contributed by atoms with Crippen molar-refractivity contribution < 1.29 is 0 Å². The molecule has 98 valence electrons. The van der Waals surface area contributed by atoms with Crippen LogP contribution in [0.5, 0.6) is 0 Å². The summed E-state index contributed by atoms with van der Waals surface area (Å²) in [6.45, 7) is 0.519. The van der Waals surface area contributed by atoms with E-state index in [-0.39, 0.29) is 5.69 Å². The first kappa shape index (κ1) is 12.2. The molecule has 0 spiro atoms.